The molecule has 1 aliphatic carbocycles. The number of ether oxygens (including phenoxy) is 1. The molecule has 110 valence electrons. The minimum atomic E-state index is -0.880. The Balaban J connectivity index is 2.53. The quantitative estimate of drug-likeness (QED) is 0.754. The molecule has 1 unspecified atom stereocenters. The minimum Gasteiger partial charge on any atom is -0.467 e. The lowest BCUT2D eigenvalue weighted by Crippen LogP contribution is -2.53. The summed E-state index contributed by atoms with van der Waals surface area (Å²) < 4.78 is 4.81. The van der Waals surface area contributed by atoms with E-state index in [-0.39, 0.29) is 11.9 Å². The molecule has 0 aromatic heterocycles. The van der Waals surface area contributed by atoms with Gasteiger partial charge in [-0.25, -0.2) is 4.79 Å². The van der Waals surface area contributed by atoms with Crippen molar-refractivity contribution in [2.24, 2.45) is 5.92 Å². The average Bonchev–Trinajstić information content (AvgIpc) is 2.38. The van der Waals surface area contributed by atoms with Gasteiger partial charge in [0.2, 0.25) is 5.91 Å². The van der Waals surface area contributed by atoms with Crippen LogP contribution in [-0.4, -0.2) is 24.5 Å². The van der Waals surface area contributed by atoms with Gasteiger partial charge in [-0.2, -0.15) is 0 Å². The summed E-state index contributed by atoms with van der Waals surface area (Å²) in [5.74, 6) is 0.108. The third-order valence-corrected chi connectivity index (χ3v) is 4.00. The first-order valence-electron chi connectivity index (χ1n) is 7.41. The molecule has 0 bridgehead atoms. The molecule has 0 heterocycles. The lowest BCUT2D eigenvalue weighted by Gasteiger charge is -2.29. The van der Waals surface area contributed by atoms with E-state index in [2.05, 4.69) is 5.32 Å². The van der Waals surface area contributed by atoms with E-state index in [1.807, 2.05) is 6.92 Å². The molecule has 1 atom stereocenters. The SMILES string of the molecule is CCCC(C)(NC(=O)CC1CCCCC1)C(=O)OC. The highest BCUT2D eigenvalue weighted by atomic mass is 16.5. The molecule has 4 heteroatoms. The highest BCUT2D eigenvalue weighted by molar-refractivity contribution is 5.87. The van der Waals surface area contributed by atoms with Crippen LogP contribution in [0.25, 0.3) is 0 Å². The largest absolute Gasteiger partial charge is 0.467 e. The van der Waals surface area contributed by atoms with Crippen LogP contribution in [0.1, 0.15) is 65.2 Å². The summed E-state index contributed by atoms with van der Waals surface area (Å²) in [5.41, 5.74) is -0.880. The maximum atomic E-state index is 12.1. The Bertz CT molecular complexity index is 311. The molecule has 1 amide bonds. The Morgan fingerprint density at radius 3 is 2.42 bits per heavy atom. The summed E-state index contributed by atoms with van der Waals surface area (Å²) in [4.78, 5) is 23.9. The van der Waals surface area contributed by atoms with Crippen LogP contribution in [0, 0.1) is 5.92 Å². The van der Waals surface area contributed by atoms with Gasteiger partial charge in [0.25, 0.3) is 0 Å². The van der Waals surface area contributed by atoms with Crippen molar-refractivity contribution in [1.82, 2.24) is 5.32 Å². The molecule has 1 fully saturated rings. The second-order valence-corrected chi connectivity index (χ2v) is 5.83. The first-order chi connectivity index (χ1) is 9.01. The van der Waals surface area contributed by atoms with Gasteiger partial charge in [0.05, 0.1) is 7.11 Å². The first-order valence-corrected chi connectivity index (χ1v) is 7.41. The monoisotopic (exact) mass is 269 g/mol. The van der Waals surface area contributed by atoms with Gasteiger partial charge in [-0.05, 0) is 32.1 Å². The number of amides is 1. The Kier molecular flexibility index (Phi) is 6.32. The number of carbonyl (C=O) groups excluding carboxylic acids is 2. The maximum absolute atomic E-state index is 12.1. The summed E-state index contributed by atoms with van der Waals surface area (Å²) in [7, 11) is 1.36. The normalized spacial score (nSPS) is 19.5. The lowest BCUT2D eigenvalue weighted by molar-refractivity contribution is -0.150. The summed E-state index contributed by atoms with van der Waals surface area (Å²) in [6.45, 7) is 3.75. The van der Waals surface area contributed by atoms with Gasteiger partial charge in [0.15, 0.2) is 0 Å². The van der Waals surface area contributed by atoms with Crippen molar-refractivity contribution in [1.29, 1.82) is 0 Å². The van der Waals surface area contributed by atoms with Crippen molar-refractivity contribution in [3.8, 4) is 0 Å². The van der Waals surface area contributed by atoms with E-state index in [9.17, 15) is 9.59 Å². The molecule has 0 aliphatic heterocycles. The molecule has 0 aromatic carbocycles. The molecule has 19 heavy (non-hydrogen) atoms. The third-order valence-electron chi connectivity index (χ3n) is 4.00. The van der Waals surface area contributed by atoms with Crippen molar-refractivity contribution in [3.63, 3.8) is 0 Å². The van der Waals surface area contributed by atoms with Crippen molar-refractivity contribution in [2.75, 3.05) is 7.11 Å². The van der Waals surface area contributed by atoms with Crippen molar-refractivity contribution in [3.05, 3.63) is 0 Å². The molecule has 1 rings (SSSR count). The molecule has 1 aliphatic rings. The number of nitrogens with one attached hydrogen (secondary N) is 1. The average molecular weight is 269 g/mol. The fourth-order valence-electron chi connectivity index (χ4n) is 2.95. The van der Waals surface area contributed by atoms with Gasteiger partial charge in [0.1, 0.15) is 5.54 Å². The summed E-state index contributed by atoms with van der Waals surface area (Å²) in [5, 5.41) is 2.88. The van der Waals surface area contributed by atoms with Crippen molar-refractivity contribution in [2.45, 2.75) is 70.8 Å². The third kappa shape index (κ3) is 4.84. The highest BCUT2D eigenvalue weighted by Gasteiger charge is 2.35. The zero-order chi connectivity index (χ0) is 14.3. The number of hydrogen-bond acceptors (Lipinski definition) is 3. The predicted octanol–water partition coefficient (Wildman–Crippen LogP) is 2.80. The zero-order valence-electron chi connectivity index (χ0n) is 12.5. The lowest BCUT2D eigenvalue weighted by atomic mass is 9.86. The van der Waals surface area contributed by atoms with Crippen LogP contribution in [0.15, 0.2) is 0 Å². The molecule has 4 nitrogen and oxygen atoms in total. The van der Waals surface area contributed by atoms with Crippen LogP contribution in [0.5, 0.6) is 0 Å². The van der Waals surface area contributed by atoms with Gasteiger partial charge in [-0.1, -0.05) is 32.6 Å². The van der Waals surface area contributed by atoms with Gasteiger partial charge < -0.3 is 10.1 Å². The standard InChI is InChI=1S/C15H27NO3/c1-4-10-15(2,14(18)19-3)16-13(17)11-12-8-6-5-7-9-12/h12H,4-11H2,1-3H3,(H,16,17). The first kappa shape index (κ1) is 16.0. The number of rotatable bonds is 6. The van der Waals surface area contributed by atoms with Crippen LogP contribution >= 0.6 is 0 Å². The van der Waals surface area contributed by atoms with E-state index >= 15 is 0 Å². The Morgan fingerprint density at radius 1 is 1.26 bits per heavy atom. The van der Waals surface area contributed by atoms with Crippen LogP contribution in [-0.2, 0) is 14.3 Å². The van der Waals surface area contributed by atoms with Gasteiger partial charge in [-0.3, -0.25) is 4.79 Å². The fourth-order valence-corrected chi connectivity index (χ4v) is 2.95. The van der Waals surface area contributed by atoms with Crippen LogP contribution in [0.3, 0.4) is 0 Å². The number of hydrogen-bond donors (Lipinski definition) is 1. The molecule has 0 radical (unpaired) electrons. The number of esters is 1. The van der Waals surface area contributed by atoms with Crippen LogP contribution in [0.4, 0.5) is 0 Å². The predicted molar refractivity (Wildman–Crippen MR) is 74.7 cm³/mol. The molecule has 1 N–H and O–H groups in total. The van der Waals surface area contributed by atoms with E-state index < -0.39 is 5.54 Å². The van der Waals surface area contributed by atoms with E-state index in [0.717, 1.165) is 19.3 Å². The summed E-state index contributed by atoms with van der Waals surface area (Å²) in [6.07, 6.45) is 7.98. The molecule has 1 saturated carbocycles. The van der Waals surface area contributed by atoms with E-state index in [4.69, 9.17) is 4.74 Å². The Labute approximate surface area is 116 Å². The second-order valence-electron chi connectivity index (χ2n) is 5.83. The smallest absolute Gasteiger partial charge is 0.331 e. The second kappa shape index (κ2) is 7.51. The fraction of sp³-hybridized carbons (Fsp3) is 0.867. The summed E-state index contributed by atoms with van der Waals surface area (Å²) >= 11 is 0. The Hall–Kier alpha value is -1.06. The zero-order valence-corrected chi connectivity index (χ0v) is 12.5. The highest BCUT2D eigenvalue weighted by Crippen LogP contribution is 2.26. The van der Waals surface area contributed by atoms with Crippen molar-refractivity contribution >= 4 is 11.9 Å². The van der Waals surface area contributed by atoms with E-state index in [1.54, 1.807) is 6.92 Å². The molecule has 0 saturated heterocycles. The Morgan fingerprint density at radius 2 is 1.89 bits per heavy atom. The van der Waals surface area contributed by atoms with Gasteiger partial charge in [-0.15, -0.1) is 0 Å². The van der Waals surface area contributed by atoms with E-state index in [1.165, 1.54) is 26.4 Å². The summed E-state index contributed by atoms with van der Waals surface area (Å²) in [6, 6.07) is 0. The molecule has 0 spiro atoms. The minimum absolute atomic E-state index is 0.0201. The topological polar surface area (TPSA) is 55.4 Å². The molecule has 0 aromatic rings. The van der Waals surface area contributed by atoms with E-state index in [0.29, 0.717) is 18.8 Å². The number of carbonyl (C=O) groups is 2. The van der Waals surface area contributed by atoms with Crippen LogP contribution < -0.4 is 5.32 Å². The van der Waals surface area contributed by atoms with Crippen molar-refractivity contribution < 1.29 is 14.3 Å². The van der Waals surface area contributed by atoms with Gasteiger partial charge >= 0.3 is 5.97 Å². The molecular weight excluding hydrogens is 242 g/mol. The van der Waals surface area contributed by atoms with Crippen LogP contribution in [0.2, 0.25) is 0 Å². The number of methoxy groups -OCH3 is 1. The molecular formula is C15H27NO3. The van der Waals surface area contributed by atoms with Gasteiger partial charge in [0, 0.05) is 6.42 Å². The maximum Gasteiger partial charge on any atom is 0.331 e.